The quantitative estimate of drug-likeness (QED) is 0.804. The maximum atomic E-state index is 12.4. The number of aromatic nitrogens is 3. The van der Waals surface area contributed by atoms with Gasteiger partial charge in [0.1, 0.15) is 5.56 Å². The van der Waals surface area contributed by atoms with Crippen molar-refractivity contribution in [1.82, 2.24) is 20.1 Å². The highest BCUT2D eigenvalue weighted by Gasteiger charge is 2.25. The van der Waals surface area contributed by atoms with Gasteiger partial charge in [-0.1, -0.05) is 0 Å². The molecule has 2 aromatic heterocycles. The minimum Gasteiger partial charge on any atom is -0.477 e. The third kappa shape index (κ3) is 3.62. The van der Waals surface area contributed by atoms with E-state index in [2.05, 4.69) is 15.4 Å². The first kappa shape index (κ1) is 16.9. The Balaban J connectivity index is 1.64. The molecule has 3 rings (SSSR count). The molecule has 132 valence electrons. The molecule has 8 nitrogen and oxygen atoms in total. The molecule has 0 aromatic carbocycles. The number of carbonyl (C=O) groups excluding carboxylic acids is 2. The van der Waals surface area contributed by atoms with E-state index in [1.54, 1.807) is 18.3 Å². The van der Waals surface area contributed by atoms with Crippen molar-refractivity contribution < 1.29 is 14.3 Å². The smallest absolute Gasteiger partial charge is 0.256 e. The van der Waals surface area contributed by atoms with Crippen molar-refractivity contribution in [2.24, 2.45) is 11.7 Å². The average molecular weight is 343 g/mol. The number of nitrogens with zero attached hydrogens (tertiary/aromatic N) is 3. The summed E-state index contributed by atoms with van der Waals surface area (Å²) in [5.41, 5.74) is 7.11. The SMILES string of the molecule is CCOc1ncccc1C(=O)NC[C@@H]1CCn2ncc(C(N)=O)c2C1. The highest BCUT2D eigenvalue weighted by atomic mass is 16.5. The average Bonchev–Trinajstić information content (AvgIpc) is 3.04. The number of primary amides is 1. The summed E-state index contributed by atoms with van der Waals surface area (Å²) in [5.74, 6) is -0.132. The molecule has 1 atom stereocenters. The predicted molar refractivity (Wildman–Crippen MR) is 90.3 cm³/mol. The number of nitrogens with two attached hydrogens (primary N) is 1. The van der Waals surface area contributed by atoms with Crippen LogP contribution in [0.4, 0.5) is 0 Å². The molecule has 2 aromatic rings. The van der Waals surface area contributed by atoms with E-state index in [1.165, 1.54) is 6.20 Å². The molecule has 0 saturated carbocycles. The standard InChI is InChI=1S/C17H21N5O3/c1-2-25-17-12(4-3-6-19-17)16(24)20-9-11-5-7-22-14(8-11)13(10-21-22)15(18)23/h3-4,6,10-11H,2,5,7-9H2,1H3,(H2,18,23)(H,20,24)/t11-/m1/s1. The summed E-state index contributed by atoms with van der Waals surface area (Å²) in [7, 11) is 0. The number of amides is 2. The van der Waals surface area contributed by atoms with Crippen LogP contribution >= 0.6 is 0 Å². The van der Waals surface area contributed by atoms with Crippen LogP contribution in [-0.2, 0) is 13.0 Å². The number of fused-ring (bicyclic) bond motifs is 1. The molecule has 0 radical (unpaired) electrons. The first-order valence-electron chi connectivity index (χ1n) is 8.30. The van der Waals surface area contributed by atoms with Crippen molar-refractivity contribution in [2.45, 2.75) is 26.3 Å². The fourth-order valence-electron chi connectivity index (χ4n) is 3.03. The largest absolute Gasteiger partial charge is 0.477 e. The molecule has 1 aliphatic heterocycles. The van der Waals surface area contributed by atoms with Gasteiger partial charge in [0, 0.05) is 19.3 Å². The first-order valence-corrected chi connectivity index (χ1v) is 8.30. The van der Waals surface area contributed by atoms with Crippen LogP contribution in [-0.4, -0.2) is 39.7 Å². The summed E-state index contributed by atoms with van der Waals surface area (Å²) >= 11 is 0. The monoisotopic (exact) mass is 343 g/mol. The molecule has 1 aliphatic rings. The minimum atomic E-state index is -0.470. The van der Waals surface area contributed by atoms with Crippen LogP contribution in [0, 0.1) is 5.92 Å². The van der Waals surface area contributed by atoms with E-state index in [9.17, 15) is 9.59 Å². The Morgan fingerprint density at radius 2 is 2.28 bits per heavy atom. The van der Waals surface area contributed by atoms with Gasteiger partial charge >= 0.3 is 0 Å². The number of aryl methyl sites for hydroxylation is 1. The molecule has 0 spiro atoms. The second kappa shape index (κ2) is 7.33. The predicted octanol–water partition coefficient (Wildman–Crippen LogP) is 0.768. The third-order valence-corrected chi connectivity index (χ3v) is 4.29. The fourth-order valence-corrected chi connectivity index (χ4v) is 3.03. The van der Waals surface area contributed by atoms with Gasteiger partial charge in [-0.15, -0.1) is 0 Å². The summed E-state index contributed by atoms with van der Waals surface area (Å²) in [4.78, 5) is 28.0. The van der Waals surface area contributed by atoms with Crippen molar-refractivity contribution in [3.8, 4) is 5.88 Å². The van der Waals surface area contributed by atoms with Crippen LogP contribution in [0.2, 0.25) is 0 Å². The minimum absolute atomic E-state index is 0.217. The van der Waals surface area contributed by atoms with E-state index in [0.29, 0.717) is 43.1 Å². The summed E-state index contributed by atoms with van der Waals surface area (Å²) in [6.07, 6.45) is 4.64. The topological polar surface area (TPSA) is 112 Å². The summed E-state index contributed by atoms with van der Waals surface area (Å²) < 4.78 is 7.21. The zero-order chi connectivity index (χ0) is 17.8. The van der Waals surface area contributed by atoms with Gasteiger partial charge in [-0.05, 0) is 37.8 Å². The van der Waals surface area contributed by atoms with Gasteiger partial charge in [0.25, 0.3) is 11.8 Å². The van der Waals surface area contributed by atoms with E-state index in [-0.39, 0.29) is 11.8 Å². The van der Waals surface area contributed by atoms with Crippen LogP contribution in [0.5, 0.6) is 5.88 Å². The molecular weight excluding hydrogens is 322 g/mol. The molecule has 0 aliphatic carbocycles. The lowest BCUT2D eigenvalue weighted by molar-refractivity contribution is 0.0937. The molecule has 8 heteroatoms. The lowest BCUT2D eigenvalue weighted by atomic mass is 9.94. The van der Waals surface area contributed by atoms with Crippen LogP contribution < -0.4 is 15.8 Å². The Kier molecular flexibility index (Phi) is 4.97. The summed E-state index contributed by atoms with van der Waals surface area (Å²) in [6.45, 7) is 3.50. The van der Waals surface area contributed by atoms with E-state index in [1.807, 2.05) is 11.6 Å². The Morgan fingerprint density at radius 1 is 1.44 bits per heavy atom. The van der Waals surface area contributed by atoms with Gasteiger partial charge < -0.3 is 15.8 Å². The van der Waals surface area contributed by atoms with E-state index in [0.717, 1.165) is 12.1 Å². The normalized spacial score (nSPS) is 16.1. The van der Waals surface area contributed by atoms with Crippen LogP contribution in [0.1, 0.15) is 39.8 Å². The van der Waals surface area contributed by atoms with E-state index < -0.39 is 5.91 Å². The molecular formula is C17H21N5O3. The fraction of sp³-hybridized carbons (Fsp3) is 0.412. The maximum absolute atomic E-state index is 12.4. The van der Waals surface area contributed by atoms with Crippen molar-refractivity contribution in [3.05, 3.63) is 41.3 Å². The molecule has 3 N–H and O–H groups in total. The number of ether oxygens (including phenoxy) is 1. The van der Waals surface area contributed by atoms with Crippen molar-refractivity contribution in [1.29, 1.82) is 0 Å². The van der Waals surface area contributed by atoms with Crippen molar-refractivity contribution >= 4 is 11.8 Å². The maximum Gasteiger partial charge on any atom is 0.256 e. The molecule has 0 unspecified atom stereocenters. The number of hydrogen-bond donors (Lipinski definition) is 2. The lowest BCUT2D eigenvalue weighted by Crippen LogP contribution is -2.34. The van der Waals surface area contributed by atoms with E-state index in [4.69, 9.17) is 10.5 Å². The zero-order valence-corrected chi connectivity index (χ0v) is 14.1. The second-order valence-corrected chi connectivity index (χ2v) is 5.95. The molecule has 3 heterocycles. The van der Waals surface area contributed by atoms with Crippen LogP contribution in [0.15, 0.2) is 24.5 Å². The van der Waals surface area contributed by atoms with Crippen molar-refractivity contribution in [2.75, 3.05) is 13.2 Å². The second-order valence-electron chi connectivity index (χ2n) is 5.95. The molecule has 0 saturated heterocycles. The van der Waals surface area contributed by atoms with Crippen molar-refractivity contribution in [3.63, 3.8) is 0 Å². The van der Waals surface area contributed by atoms with E-state index >= 15 is 0 Å². The van der Waals surface area contributed by atoms with Crippen LogP contribution in [0.25, 0.3) is 0 Å². The Bertz CT molecular complexity index is 786. The number of hydrogen-bond acceptors (Lipinski definition) is 5. The zero-order valence-electron chi connectivity index (χ0n) is 14.1. The summed E-state index contributed by atoms with van der Waals surface area (Å²) in [6, 6.07) is 3.39. The molecule has 0 bridgehead atoms. The van der Waals surface area contributed by atoms with Gasteiger partial charge in [0.2, 0.25) is 5.88 Å². The molecule has 25 heavy (non-hydrogen) atoms. The van der Waals surface area contributed by atoms with Crippen LogP contribution in [0.3, 0.4) is 0 Å². The van der Waals surface area contributed by atoms with Gasteiger partial charge in [0.15, 0.2) is 0 Å². The summed E-state index contributed by atoms with van der Waals surface area (Å²) in [5, 5.41) is 7.13. The van der Waals surface area contributed by atoms with Gasteiger partial charge in [-0.3, -0.25) is 14.3 Å². The number of rotatable bonds is 6. The number of carbonyl (C=O) groups is 2. The Labute approximate surface area is 145 Å². The number of pyridine rings is 1. The Morgan fingerprint density at radius 3 is 3.04 bits per heavy atom. The highest BCUT2D eigenvalue weighted by Crippen LogP contribution is 2.22. The van der Waals surface area contributed by atoms with Gasteiger partial charge in [-0.25, -0.2) is 4.98 Å². The first-order chi connectivity index (χ1) is 12.1. The molecule has 0 fully saturated rings. The highest BCUT2D eigenvalue weighted by molar-refractivity contribution is 5.96. The Hall–Kier alpha value is -2.90. The van der Waals surface area contributed by atoms with Gasteiger partial charge in [-0.2, -0.15) is 5.10 Å². The van der Waals surface area contributed by atoms with Gasteiger partial charge in [0.05, 0.1) is 24.1 Å². The lowest BCUT2D eigenvalue weighted by Gasteiger charge is -2.24. The third-order valence-electron chi connectivity index (χ3n) is 4.29. The molecule has 2 amide bonds. The number of nitrogens with one attached hydrogen (secondary N) is 1.